The van der Waals surface area contributed by atoms with Crippen molar-refractivity contribution in [2.45, 2.75) is 6.18 Å². The molecule has 0 aliphatic carbocycles. The van der Waals surface area contributed by atoms with Crippen molar-refractivity contribution >= 4 is 5.97 Å². The molecular weight excluding hydrogens is 270 g/mol. The Bertz CT molecular complexity index is 636. The molecular formula is C10H5F4N3O2. The maximum Gasteiger partial charge on any atom is 0.416 e. The van der Waals surface area contributed by atoms with Gasteiger partial charge in [0.05, 0.1) is 11.8 Å². The third-order valence-corrected chi connectivity index (χ3v) is 2.23. The van der Waals surface area contributed by atoms with Gasteiger partial charge in [0.2, 0.25) is 0 Å². The van der Waals surface area contributed by atoms with Crippen molar-refractivity contribution in [2.24, 2.45) is 0 Å². The number of rotatable bonds is 2. The third-order valence-electron chi connectivity index (χ3n) is 2.23. The number of alkyl halides is 3. The normalized spacial score (nSPS) is 11.6. The zero-order valence-electron chi connectivity index (χ0n) is 9.02. The van der Waals surface area contributed by atoms with E-state index in [0.29, 0.717) is 22.9 Å². The number of nitrogens with zero attached hydrogens (tertiary/aromatic N) is 3. The highest BCUT2D eigenvalue weighted by atomic mass is 19.4. The summed E-state index contributed by atoms with van der Waals surface area (Å²) >= 11 is 0. The monoisotopic (exact) mass is 275 g/mol. The van der Waals surface area contributed by atoms with E-state index in [-0.39, 0.29) is 0 Å². The van der Waals surface area contributed by atoms with Crippen LogP contribution in [0.5, 0.6) is 0 Å². The summed E-state index contributed by atoms with van der Waals surface area (Å²) in [6.07, 6.45) is -3.82. The summed E-state index contributed by atoms with van der Waals surface area (Å²) in [4.78, 5) is 10.6. The van der Waals surface area contributed by atoms with E-state index in [9.17, 15) is 22.4 Å². The van der Waals surface area contributed by atoms with Crippen LogP contribution in [-0.4, -0.2) is 26.1 Å². The predicted molar refractivity (Wildman–Crippen MR) is 53.3 cm³/mol. The van der Waals surface area contributed by atoms with Crippen molar-refractivity contribution in [3.8, 4) is 5.69 Å². The Kier molecular flexibility index (Phi) is 2.97. The molecule has 1 heterocycles. The van der Waals surface area contributed by atoms with Gasteiger partial charge in [0.1, 0.15) is 11.5 Å². The van der Waals surface area contributed by atoms with Crippen LogP contribution >= 0.6 is 0 Å². The molecule has 9 heteroatoms. The van der Waals surface area contributed by atoms with Gasteiger partial charge in [0.25, 0.3) is 0 Å². The molecule has 0 saturated carbocycles. The maximum atomic E-state index is 13.5. The molecule has 0 spiro atoms. The van der Waals surface area contributed by atoms with Crippen LogP contribution in [0.4, 0.5) is 17.6 Å². The van der Waals surface area contributed by atoms with Crippen LogP contribution in [0.3, 0.4) is 0 Å². The summed E-state index contributed by atoms with van der Waals surface area (Å²) in [6, 6.07) is 1.73. The second kappa shape index (κ2) is 4.34. The number of aromatic carboxylic acids is 1. The zero-order chi connectivity index (χ0) is 14.2. The van der Waals surface area contributed by atoms with Gasteiger partial charge in [-0.3, -0.25) is 0 Å². The van der Waals surface area contributed by atoms with Gasteiger partial charge in [-0.05, 0) is 18.2 Å². The lowest BCUT2D eigenvalue weighted by molar-refractivity contribution is -0.137. The van der Waals surface area contributed by atoms with E-state index in [2.05, 4.69) is 10.3 Å². The molecule has 0 atom stereocenters. The molecule has 1 aromatic heterocycles. The van der Waals surface area contributed by atoms with E-state index in [1.807, 2.05) is 0 Å². The van der Waals surface area contributed by atoms with E-state index in [0.717, 1.165) is 6.20 Å². The minimum Gasteiger partial charge on any atom is -0.476 e. The number of hydrogen-bond donors (Lipinski definition) is 1. The van der Waals surface area contributed by atoms with Crippen molar-refractivity contribution in [1.29, 1.82) is 0 Å². The molecule has 0 saturated heterocycles. The molecule has 0 aliphatic rings. The van der Waals surface area contributed by atoms with Crippen LogP contribution in [0.2, 0.25) is 0 Å². The molecule has 1 aromatic carbocycles. The van der Waals surface area contributed by atoms with Gasteiger partial charge in [-0.15, -0.1) is 5.10 Å². The highest BCUT2D eigenvalue weighted by Gasteiger charge is 2.31. The fraction of sp³-hybridized carbons (Fsp3) is 0.100. The van der Waals surface area contributed by atoms with Crippen molar-refractivity contribution < 1.29 is 27.5 Å². The van der Waals surface area contributed by atoms with Crippen LogP contribution in [0.25, 0.3) is 5.69 Å². The average Bonchev–Trinajstić information content (AvgIpc) is 2.77. The van der Waals surface area contributed by atoms with Crippen molar-refractivity contribution in [3.63, 3.8) is 0 Å². The fourth-order valence-corrected chi connectivity index (χ4v) is 1.34. The van der Waals surface area contributed by atoms with Crippen molar-refractivity contribution in [1.82, 2.24) is 15.0 Å². The van der Waals surface area contributed by atoms with Gasteiger partial charge in [0, 0.05) is 0 Å². The summed E-state index contributed by atoms with van der Waals surface area (Å²) in [5.74, 6) is -2.39. The standard InChI is InChI=1S/C10H5F4N3O2/c11-6-2-1-5(10(12,13)14)3-8(6)17-4-7(9(18)19)15-16-17/h1-4H,(H,18,19). The van der Waals surface area contributed by atoms with Gasteiger partial charge in [-0.2, -0.15) is 13.2 Å². The van der Waals surface area contributed by atoms with E-state index >= 15 is 0 Å². The Labute approximate surface area is 103 Å². The average molecular weight is 275 g/mol. The number of carboxylic acid groups (broad SMARTS) is 1. The Hall–Kier alpha value is -2.45. The second-order valence-electron chi connectivity index (χ2n) is 3.52. The molecule has 0 fully saturated rings. The molecule has 5 nitrogen and oxygen atoms in total. The summed E-state index contributed by atoms with van der Waals surface area (Å²) in [7, 11) is 0. The van der Waals surface area contributed by atoms with Crippen molar-refractivity contribution in [3.05, 3.63) is 41.5 Å². The largest absolute Gasteiger partial charge is 0.476 e. The van der Waals surface area contributed by atoms with Gasteiger partial charge < -0.3 is 5.11 Å². The first-order valence-corrected chi connectivity index (χ1v) is 4.82. The van der Waals surface area contributed by atoms with Gasteiger partial charge in [-0.1, -0.05) is 5.21 Å². The summed E-state index contributed by atoms with van der Waals surface area (Å²) in [6.45, 7) is 0. The van der Waals surface area contributed by atoms with Crippen LogP contribution in [0, 0.1) is 5.82 Å². The quantitative estimate of drug-likeness (QED) is 0.852. The summed E-state index contributed by atoms with van der Waals surface area (Å²) in [5.41, 5.74) is -2.11. The smallest absolute Gasteiger partial charge is 0.416 e. The van der Waals surface area contributed by atoms with Gasteiger partial charge >= 0.3 is 12.1 Å². The second-order valence-corrected chi connectivity index (χ2v) is 3.52. The minimum atomic E-state index is -4.64. The molecule has 0 bridgehead atoms. The highest BCUT2D eigenvalue weighted by Crippen LogP contribution is 2.31. The molecule has 0 unspecified atom stereocenters. The van der Waals surface area contributed by atoms with E-state index in [1.165, 1.54) is 0 Å². The van der Waals surface area contributed by atoms with E-state index in [4.69, 9.17) is 5.11 Å². The van der Waals surface area contributed by atoms with Crippen LogP contribution in [-0.2, 0) is 6.18 Å². The van der Waals surface area contributed by atoms with Crippen LogP contribution < -0.4 is 0 Å². The molecule has 0 aliphatic heterocycles. The lowest BCUT2D eigenvalue weighted by atomic mass is 10.2. The lowest BCUT2D eigenvalue weighted by Gasteiger charge is -2.09. The van der Waals surface area contributed by atoms with Crippen LogP contribution in [0.15, 0.2) is 24.4 Å². The number of hydrogen-bond acceptors (Lipinski definition) is 3. The Morgan fingerprint density at radius 1 is 1.32 bits per heavy atom. The number of carbonyl (C=O) groups is 1. The number of carboxylic acids is 1. The Morgan fingerprint density at radius 2 is 2.00 bits per heavy atom. The first-order valence-electron chi connectivity index (χ1n) is 4.82. The molecule has 19 heavy (non-hydrogen) atoms. The summed E-state index contributed by atoms with van der Waals surface area (Å²) in [5, 5.41) is 15.1. The first kappa shape index (κ1) is 13.0. The number of benzene rings is 1. The molecule has 0 radical (unpaired) electrons. The molecule has 0 amide bonds. The zero-order valence-corrected chi connectivity index (χ0v) is 9.02. The molecule has 100 valence electrons. The van der Waals surface area contributed by atoms with Crippen LogP contribution in [0.1, 0.15) is 16.1 Å². The van der Waals surface area contributed by atoms with Gasteiger partial charge in [-0.25, -0.2) is 13.9 Å². The topological polar surface area (TPSA) is 68.0 Å². The first-order chi connectivity index (χ1) is 8.79. The van der Waals surface area contributed by atoms with Crippen molar-refractivity contribution in [2.75, 3.05) is 0 Å². The number of aromatic nitrogens is 3. The highest BCUT2D eigenvalue weighted by molar-refractivity contribution is 5.84. The van der Waals surface area contributed by atoms with E-state index in [1.54, 1.807) is 0 Å². The summed E-state index contributed by atoms with van der Waals surface area (Å²) < 4.78 is 51.5. The van der Waals surface area contributed by atoms with E-state index < -0.39 is 34.9 Å². The SMILES string of the molecule is O=C(O)c1cn(-c2cc(C(F)(F)F)ccc2F)nn1. The Morgan fingerprint density at radius 3 is 2.53 bits per heavy atom. The lowest BCUT2D eigenvalue weighted by Crippen LogP contribution is -2.08. The molecule has 1 N–H and O–H groups in total. The van der Waals surface area contributed by atoms with Gasteiger partial charge in [0.15, 0.2) is 5.69 Å². The predicted octanol–water partition coefficient (Wildman–Crippen LogP) is 2.12. The maximum absolute atomic E-state index is 13.5. The number of halogens is 4. The minimum absolute atomic E-state index is 0.503. The fourth-order valence-electron chi connectivity index (χ4n) is 1.34. The molecule has 2 aromatic rings. The third kappa shape index (κ3) is 2.54. The molecule has 2 rings (SSSR count). The Balaban J connectivity index is 2.51.